The van der Waals surface area contributed by atoms with Crippen LogP contribution in [-0.4, -0.2) is 30.4 Å². The van der Waals surface area contributed by atoms with Crippen LogP contribution in [0.3, 0.4) is 0 Å². The number of pyridine rings is 1. The molecule has 2 amide bonds. The highest BCUT2D eigenvalue weighted by Crippen LogP contribution is 2.29. The lowest BCUT2D eigenvalue weighted by Gasteiger charge is -2.11. The maximum atomic E-state index is 12.5. The van der Waals surface area contributed by atoms with Gasteiger partial charge in [-0.05, 0) is 36.4 Å². The van der Waals surface area contributed by atoms with E-state index in [1.165, 1.54) is 25.4 Å². The van der Waals surface area contributed by atoms with Gasteiger partial charge in [0.25, 0.3) is 5.91 Å². The molecule has 0 bridgehead atoms. The summed E-state index contributed by atoms with van der Waals surface area (Å²) < 4.78 is 37.6. The first kappa shape index (κ1) is 18.2. The monoisotopic (exact) mass is 352 g/mol. The first-order valence-corrected chi connectivity index (χ1v) is 7.19. The van der Waals surface area contributed by atoms with Gasteiger partial charge in [-0.25, -0.2) is 4.98 Å². The number of likely N-dealkylation sites (N-methyl/N-ethyl adjacent to an activating group) is 1. The van der Waals surface area contributed by atoms with Gasteiger partial charge in [0.05, 0.1) is 17.7 Å². The fraction of sp³-hybridized carbons (Fsp3) is 0.188. The van der Waals surface area contributed by atoms with Crippen LogP contribution in [0.5, 0.6) is 0 Å². The summed E-state index contributed by atoms with van der Waals surface area (Å²) in [7, 11) is 1.47. The zero-order valence-electron chi connectivity index (χ0n) is 13.1. The van der Waals surface area contributed by atoms with Crippen LogP contribution in [0, 0.1) is 0 Å². The van der Waals surface area contributed by atoms with Gasteiger partial charge in [-0.15, -0.1) is 0 Å². The van der Waals surface area contributed by atoms with Crippen molar-refractivity contribution in [3.63, 3.8) is 0 Å². The lowest BCUT2D eigenvalue weighted by molar-refractivity contribution is -0.137. The molecule has 0 aliphatic carbocycles. The molecule has 0 atom stereocenters. The van der Waals surface area contributed by atoms with Crippen LogP contribution in [0.2, 0.25) is 0 Å². The largest absolute Gasteiger partial charge is 0.416 e. The van der Waals surface area contributed by atoms with E-state index < -0.39 is 17.6 Å². The summed E-state index contributed by atoms with van der Waals surface area (Å²) in [6.07, 6.45) is -3.00. The number of alkyl halides is 3. The van der Waals surface area contributed by atoms with Crippen LogP contribution in [0.25, 0.3) is 0 Å². The van der Waals surface area contributed by atoms with E-state index in [4.69, 9.17) is 0 Å². The fourth-order valence-electron chi connectivity index (χ4n) is 1.92. The number of amides is 2. The van der Waals surface area contributed by atoms with Crippen molar-refractivity contribution >= 4 is 23.3 Å². The number of carbonyl (C=O) groups is 2. The van der Waals surface area contributed by atoms with Crippen molar-refractivity contribution in [3.05, 3.63) is 53.7 Å². The molecule has 0 unspecified atom stereocenters. The summed E-state index contributed by atoms with van der Waals surface area (Å²) in [5, 5.41) is 7.64. The topological polar surface area (TPSA) is 83.1 Å². The molecule has 6 nitrogen and oxygen atoms in total. The number of rotatable bonds is 5. The van der Waals surface area contributed by atoms with Crippen LogP contribution in [0.1, 0.15) is 15.9 Å². The standard InChI is InChI=1S/C16H15F3N4O2/c1-20-13(24)9-22-14-12(3-2-8-21-14)15(25)23-11-6-4-10(5-7-11)16(17,18)19/h2-8H,9H2,1H3,(H,20,24)(H,21,22)(H,23,25). The van der Waals surface area contributed by atoms with Crippen molar-refractivity contribution in [2.24, 2.45) is 0 Å². The van der Waals surface area contributed by atoms with E-state index in [9.17, 15) is 22.8 Å². The van der Waals surface area contributed by atoms with Gasteiger partial charge in [0.1, 0.15) is 5.82 Å². The zero-order chi connectivity index (χ0) is 18.4. The molecule has 9 heteroatoms. The minimum atomic E-state index is -4.44. The van der Waals surface area contributed by atoms with Crippen LogP contribution < -0.4 is 16.0 Å². The van der Waals surface area contributed by atoms with Crippen molar-refractivity contribution in [2.45, 2.75) is 6.18 Å². The van der Waals surface area contributed by atoms with Gasteiger partial charge < -0.3 is 16.0 Å². The van der Waals surface area contributed by atoms with E-state index in [-0.39, 0.29) is 29.5 Å². The maximum absolute atomic E-state index is 12.5. The van der Waals surface area contributed by atoms with Gasteiger partial charge in [0, 0.05) is 18.9 Å². The van der Waals surface area contributed by atoms with E-state index in [2.05, 4.69) is 20.9 Å². The van der Waals surface area contributed by atoms with Crippen LogP contribution in [0.4, 0.5) is 24.7 Å². The number of aromatic nitrogens is 1. The summed E-state index contributed by atoms with van der Waals surface area (Å²) in [5.41, 5.74) is -0.440. The summed E-state index contributed by atoms with van der Waals surface area (Å²) in [6.45, 7) is -0.0753. The summed E-state index contributed by atoms with van der Waals surface area (Å²) in [5.74, 6) is -0.664. The SMILES string of the molecule is CNC(=O)CNc1ncccc1C(=O)Nc1ccc(C(F)(F)F)cc1. The van der Waals surface area contributed by atoms with Gasteiger partial charge in [-0.2, -0.15) is 13.2 Å². The van der Waals surface area contributed by atoms with E-state index >= 15 is 0 Å². The lowest BCUT2D eigenvalue weighted by Crippen LogP contribution is -2.27. The van der Waals surface area contributed by atoms with Gasteiger partial charge in [0.15, 0.2) is 0 Å². The van der Waals surface area contributed by atoms with Crippen molar-refractivity contribution < 1.29 is 22.8 Å². The molecule has 2 aromatic rings. The average molecular weight is 352 g/mol. The number of anilines is 2. The molecule has 1 aromatic heterocycles. The highest BCUT2D eigenvalue weighted by Gasteiger charge is 2.30. The number of hydrogen-bond acceptors (Lipinski definition) is 4. The summed E-state index contributed by atoms with van der Waals surface area (Å²) in [4.78, 5) is 27.6. The Kier molecular flexibility index (Phi) is 5.58. The predicted octanol–water partition coefficient (Wildman–Crippen LogP) is 2.51. The number of halogens is 3. The maximum Gasteiger partial charge on any atom is 0.416 e. The Morgan fingerprint density at radius 2 is 1.80 bits per heavy atom. The molecular formula is C16H15F3N4O2. The first-order chi connectivity index (χ1) is 11.8. The Morgan fingerprint density at radius 1 is 1.12 bits per heavy atom. The van der Waals surface area contributed by atoms with Crippen LogP contribution in [-0.2, 0) is 11.0 Å². The third-order valence-electron chi connectivity index (χ3n) is 3.22. The van der Waals surface area contributed by atoms with Crippen molar-refractivity contribution in [2.75, 3.05) is 24.2 Å². The molecule has 0 saturated carbocycles. The average Bonchev–Trinajstić information content (AvgIpc) is 2.59. The molecule has 1 heterocycles. The Morgan fingerprint density at radius 3 is 2.40 bits per heavy atom. The first-order valence-electron chi connectivity index (χ1n) is 7.19. The van der Waals surface area contributed by atoms with Crippen molar-refractivity contribution in [1.82, 2.24) is 10.3 Å². The highest BCUT2D eigenvalue weighted by molar-refractivity contribution is 6.07. The second-order valence-electron chi connectivity index (χ2n) is 4.96. The lowest BCUT2D eigenvalue weighted by atomic mass is 10.2. The summed E-state index contributed by atoms with van der Waals surface area (Å²) >= 11 is 0. The van der Waals surface area contributed by atoms with Crippen molar-refractivity contribution in [3.8, 4) is 0 Å². The molecule has 0 spiro atoms. The van der Waals surface area contributed by atoms with Gasteiger partial charge in [-0.1, -0.05) is 0 Å². The number of carbonyl (C=O) groups excluding carboxylic acids is 2. The zero-order valence-corrected chi connectivity index (χ0v) is 13.1. The fourth-order valence-corrected chi connectivity index (χ4v) is 1.92. The van der Waals surface area contributed by atoms with Gasteiger partial charge in [-0.3, -0.25) is 9.59 Å². The number of hydrogen-bond donors (Lipinski definition) is 3. The molecule has 3 N–H and O–H groups in total. The highest BCUT2D eigenvalue weighted by atomic mass is 19.4. The molecule has 25 heavy (non-hydrogen) atoms. The van der Waals surface area contributed by atoms with Crippen LogP contribution in [0.15, 0.2) is 42.6 Å². The molecule has 0 saturated heterocycles. The Balaban J connectivity index is 2.12. The van der Waals surface area contributed by atoms with E-state index in [1.807, 2.05) is 0 Å². The Labute approximate surface area is 141 Å². The van der Waals surface area contributed by atoms with E-state index in [1.54, 1.807) is 0 Å². The number of benzene rings is 1. The van der Waals surface area contributed by atoms with Gasteiger partial charge in [0.2, 0.25) is 5.91 Å². The number of nitrogens with zero attached hydrogens (tertiary/aromatic N) is 1. The quantitative estimate of drug-likeness (QED) is 0.772. The molecule has 0 aliphatic rings. The van der Waals surface area contributed by atoms with Crippen LogP contribution >= 0.6 is 0 Å². The smallest absolute Gasteiger partial charge is 0.360 e. The molecule has 0 fully saturated rings. The third kappa shape index (κ3) is 4.93. The van der Waals surface area contributed by atoms with Gasteiger partial charge >= 0.3 is 6.18 Å². The molecule has 1 aromatic carbocycles. The number of nitrogens with one attached hydrogen (secondary N) is 3. The minimum absolute atomic E-state index is 0.0753. The van der Waals surface area contributed by atoms with E-state index in [0.29, 0.717) is 0 Å². The predicted molar refractivity (Wildman–Crippen MR) is 86.2 cm³/mol. The minimum Gasteiger partial charge on any atom is -0.360 e. The summed E-state index contributed by atoms with van der Waals surface area (Å²) in [6, 6.07) is 7.10. The van der Waals surface area contributed by atoms with Crippen molar-refractivity contribution in [1.29, 1.82) is 0 Å². The Hall–Kier alpha value is -3.10. The molecule has 132 valence electrons. The Bertz CT molecular complexity index is 761. The molecule has 0 radical (unpaired) electrons. The van der Waals surface area contributed by atoms with E-state index in [0.717, 1.165) is 24.3 Å². The molecule has 0 aliphatic heterocycles. The molecular weight excluding hydrogens is 337 g/mol. The normalized spacial score (nSPS) is 10.9. The molecule has 2 rings (SSSR count). The second kappa shape index (κ2) is 7.65. The third-order valence-corrected chi connectivity index (χ3v) is 3.22. The second-order valence-corrected chi connectivity index (χ2v) is 4.96.